The molecule has 0 spiro atoms. The molecule has 98 valence electrons. The number of hydrogen-bond donors (Lipinski definition) is 2. The molecule has 2 rings (SSSR count). The van der Waals surface area contributed by atoms with Gasteiger partial charge in [0.2, 0.25) is 10.0 Å². The molecule has 0 saturated heterocycles. The molecule has 0 unspecified atom stereocenters. The summed E-state index contributed by atoms with van der Waals surface area (Å²) in [5.74, 6) is -4.76. The van der Waals surface area contributed by atoms with E-state index < -0.39 is 38.1 Å². The van der Waals surface area contributed by atoms with Gasteiger partial charge in [0.05, 0.1) is 0 Å². The topological polar surface area (TPSA) is 83.5 Å². The number of halogens is 2. The highest BCUT2D eigenvalue weighted by Gasteiger charge is 2.32. The van der Waals surface area contributed by atoms with Crippen LogP contribution in [0.1, 0.15) is 23.2 Å². The molecule has 0 radical (unpaired) electrons. The van der Waals surface area contributed by atoms with Crippen LogP contribution < -0.4 is 4.72 Å². The minimum atomic E-state index is -4.16. The Kier molecular flexibility index (Phi) is 3.07. The average molecular weight is 277 g/mol. The third-order valence-electron chi connectivity index (χ3n) is 2.46. The molecule has 0 amide bonds. The lowest BCUT2D eigenvalue weighted by Crippen LogP contribution is -2.27. The van der Waals surface area contributed by atoms with Crippen molar-refractivity contribution < 1.29 is 27.1 Å². The van der Waals surface area contributed by atoms with E-state index in [4.69, 9.17) is 5.11 Å². The number of aromatic carboxylic acids is 1. The number of carboxylic acids is 1. The molecule has 0 aromatic heterocycles. The van der Waals surface area contributed by atoms with Gasteiger partial charge in [0.15, 0.2) is 5.82 Å². The van der Waals surface area contributed by atoms with E-state index in [2.05, 4.69) is 4.72 Å². The maximum Gasteiger partial charge on any atom is 0.341 e. The van der Waals surface area contributed by atoms with Gasteiger partial charge in [-0.2, -0.15) is 0 Å². The van der Waals surface area contributed by atoms with Gasteiger partial charge >= 0.3 is 5.97 Å². The third kappa shape index (κ3) is 2.34. The molecule has 1 fully saturated rings. The molecule has 0 bridgehead atoms. The van der Waals surface area contributed by atoms with Crippen molar-refractivity contribution in [1.29, 1.82) is 0 Å². The fourth-order valence-corrected chi connectivity index (χ4v) is 2.81. The highest BCUT2D eigenvalue weighted by molar-refractivity contribution is 7.89. The second-order valence-corrected chi connectivity index (χ2v) is 5.62. The molecule has 1 aromatic carbocycles. The second kappa shape index (κ2) is 4.29. The van der Waals surface area contributed by atoms with E-state index in [9.17, 15) is 22.0 Å². The Balaban J connectivity index is 2.51. The molecule has 5 nitrogen and oxygen atoms in total. The summed E-state index contributed by atoms with van der Waals surface area (Å²) in [4.78, 5) is 9.81. The fraction of sp³-hybridized carbons (Fsp3) is 0.300. The van der Waals surface area contributed by atoms with Gasteiger partial charge in [-0.25, -0.2) is 26.7 Å². The molecule has 0 aliphatic heterocycles. The van der Waals surface area contributed by atoms with Gasteiger partial charge in [0, 0.05) is 6.04 Å². The molecule has 18 heavy (non-hydrogen) atoms. The summed E-state index contributed by atoms with van der Waals surface area (Å²) in [7, 11) is -4.16. The predicted octanol–water partition coefficient (Wildman–Crippen LogP) is 1.10. The molecule has 1 aliphatic carbocycles. The van der Waals surface area contributed by atoms with Gasteiger partial charge in [-0.05, 0) is 25.0 Å². The Bertz CT molecular complexity index is 611. The van der Waals surface area contributed by atoms with Crippen molar-refractivity contribution in [3.8, 4) is 0 Å². The molecule has 2 N–H and O–H groups in total. The summed E-state index contributed by atoms with van der Waals surface area (Å²) in [6.45, 7) is 0. The number of hydrogen-bond acceptors (Lipinski definition) is 3. The highest BCUT2D eigenvalue weighted by atomic mass is 32.2. The van der Waals surface area contributed by atoms with E-state index in [1.807, 2.05) is 0 Å². The maximum atomic E-state index is 13.7. The van der Waals surface area contributed by atoms with Crippen LogP contribution in [0.25, 0.3) is 0 Å². The molecule has 0 atom stereocenters. The zero-order valence-electron chi connectivity index (χ0n) is 8.98. The average Bonchev–Trinajstić information content (AvgIpc) is 2.99. The Labute approximate surface area is 101 Å². The molecule has 0 heterocycles. The van der Waals surface area contributed by atoms with Gasteiger partial charge in [-0.3, -0.25) is 0 Å². The van der Waals surface area contributed by atoms with Gasteiger partial charge in [0.25, 0.3) is 0 Å². The lowest BCUT2D eigenvalue weighted by Gasteiger charge is -2.08. The molecular weight excluding hydrogens is 268 g/mol. The summed E-state index contributed by atoms with van der Waals surface area (Å²) in [6, 6.07) is 1.07. The summed E-state index contributed by atoms with van der Waals surface area (Å²) in [6.07, 6.45) is 1.29. The van der Waals surface area contributed by atoms with E-state index in [0.717, 1.165) is 0 Å². The van der Waals surface area contributed by atoms with Crippen LogP contribution in [-0.2, 0) is 10.0 Å². The van der Waals surface area contributed by atoms with Gasteiger partial charge in [-0.1, -0.05) is 0 Å². The van der Waals surface area contributed by atoms with Crippen LogP contribution in [0, 0.1) is 11.6 Å². The van der Waals surface area contributed by atoms with Crippen molar-refractivity contribution in [2.24, 2.45) is 0 Å². The number of carbonyl (C=O) groups is 1. The van der Waals surface area contributed by atoms with Crippen molar-refractivity contribution in [1.82, 2.24) is 4.72 Å². The summed E-state index contributed by atoms with van der Waals surface area (Å²) < 4.78 is 52.5. The number of rotatable bonds is 4. The van der Waals surface area contributed by atoms with Crippen molar-refractivity contribution in [2.45, 2.75) is 23.8 Å². The van der Waals surface area contributed by atoms with Crippen LogP contribution in [0.3, 0.4) is 0 Å². The van der Waals surface area contributed by atoms with Crippen LogP contribution in [0.5, 0.6) is 0 Å². The number of carboxylic acid groups (broad SMARTS) is 1. The first-order valence-corrected chi connectivity index (χ1v) is 6.55. The van der Waals surface area contributed by atoms with Crippen LogP contribution in [0.4, 0.5) is 8.78 Å². The number of sulfonamides is 1. The van der Waals surface area contributed by atoms with Gasteiger partial charge < -0.3 is 5.11 Å². The monoisotopic (exact) mass is 277 g/mol. The first-order valence-electron chi connectivity index (χ1n) is 5.06. The van der Waals surface area contributed by atoms with E-state index in [1.165, 1.54) is 0 Å². The maximum absolute atomic E-state index is 13.7. The molecule has 1 aromatic rings. The van der Waals surface area contributed by atoms with Crippen LogP contribution in [0.15, 0.2) is 17.0 Å². The minimum absolute atomic E-state index is 0.257. The first-order chi connectivity index (χ1) is 8.33. The van der Waals surface area contributed by atoms with E-state index in [-0.39, 0.29) is 6.04 Å². The zero-order valence-corrected chi connectivity index (χ0v) is 9.80. The molecule has 8 heteroatoms. The molecule has 1 saturated carbocycles. The highest BCUT2D eigenvalue weighted by Crippen LogP contribution is 2.25. The standard InChI is InChI=1S/C10H9F2NO4S/c11-6-3-4-7(9(12)8(6)10(14)15)18(16,17)13-5-1-2-5/h3-5,13H,1-2H2,(H,14,15). The Hall–Kier alpha value is -1.54. The normalized spacial score (nSPS) is 15.7. The quantitative estimate of drug-likeness (QED) is 0.863. The predicted molar refractivity (Wildman–Crippen MR) is 56.7 cm³/mol. The van der Waals surface area contributed by atoms with E-state index in [0.29, 0.717) is 25.0 Å². The van der Waals surface area contributed by atoms with Crippen molar-refractivity contribution in [3.05, 3.63) is 29.3 Å². The second-order valence-electron chi connectivity index (χ2n) is 3.94. The Morgan fingerprint density at radius 3 is 2.44 bits per heavy atom. The first kappa shape index (κ1) is 12.9. The third-order valence-corrected chi connectivity index (χ3v) is 4.00. The Morgan fingerprint density at radius 2 is 1.94 bits per heavy atom. The van der Waals surface area contributed by atoms with Crippen LogP contribution in [-0.4, -0.2) is 25.5 Å². The van der Waals surface area contributed by atoms with Gasteiger partial charge in [0.1, 0.15) is 16.3 Å². The van der Waals surface area contributed by atoms with E-state index >= 15 is 0 Å². The number of benzene rings is 1. The Morgan fingerprint density at radius 1 is 1.33 bits per heavy atom. The smallest absolute Gasteiger partial charge is 0.341 e. The summed E-state index contributed by atoms with van der Waals surface area (Å²) >= 11 is 0. The van der Waals surface area contributed by atoms with E-state index in [1.54, 1.807) is 0 Å². The SMILES string of the molecule is O=C(O)c1c(F)ccc(S(=O)(=O)NC2CC2)c1F. The van der Waals surface area contributed by atoms with Crippen molar-refractivity contribution >= 4 is 16.0 Å². The van der Waals surface area contributed by atoms with Crippen molar-refractivity contribution in [3.63, 3.8) is 0 Å². The minimum Gasteiger partial charge on any atom is -0.477 e. The molecule has 1 aliphatic rings. The fourth-order valence-electron chi connectivity index (χ4n) is 1.42. The lowest BCUT2D eigenvalue weighted by atomic mass is 10.2. The summed E-state index contributed by atoms with van der Waals surface area (Å²) in [5.41, 5.74) is -1.27. The van der Waals surface area contributed by atoms with Crippen LogP contribution in [0.2, 0.25) is 0 Å². The zero-order chi connectivity index (χ0) is 13.5. The molecular formula is C10H9F2NO4S. The largest absolute Gasteiger partial charge is 0.477 e. The van der Waals surface area contributed by atoms with Gasteiger partial charge in [-0.15, -0.1) is 0 Å². The number of nitrogens with one attached hydrogen (secondary N) is 1. The lowest BCUT2D eigenvalue weighted by molar-refractivity contribution is 0.0685. The summed E-state index contributed by atoms with van der Waals surface area (Å²) in [5, 5.41) is 8.64. The van der Waals surface area contributed by atoms with Crippen molar-refractivity contribution in [2.75, 3.05) is 0 Å². The van der Waals surface area contributed by atoms with Crippen LogP contribution >= 0.6 is 0 Å².